The summed E-state index contributed by atoms with van der Waals surface area (Å²) in [6.07, 6.45) is 8.22. The molecule has 0 bridgehead atoms. The molecular weight excluding hydrogens is 318 g/mol. The first-order chi connectivity index (χ1) is 12.1. The summed E-state index contributed by atoms with van der Waals surface area (Å²) in [6, 6.07) is 0.0135. The van der Waals surface area contributed by atoms with E-state index in [0.717, 1.165) is 31.9 Å². The molecule has 0 saturated carbocycles. The molecule has 7 nitrogen and oxygen atoms in total. The largest absolute Gasteiger partial charge is 0.377 e. The summed E-state index contributed by atoms with van der Waals surface area (Å²) in [5.41, 5.74) is 1.33. The Morgan fingerprint density at radius 3 is 2.72 bits per heavy atom. The van der Waals surface area contributed by atoms with Crippen molar-refractivity contribution in [1.29, 1.82) is 0 Å². The molecule has 136 valence electrons. The minimum atomic E-state index is -0.0408. The second-order valence-electron chi connectivity index (χ2n) is 7.13. The lowest BCUT2D eigenvalue weighted by Crippen LogP contribution is -2.53. The maximum absolute atomic E-state index is 12.5. The van der Waals surface area contributed by atoms with E-state index in [9.17, 15) is 4.79 Å². The van der Waals surface area contributed by atoms with Gasteiger partial charge in [-0.15, -0.1) is 0 Å². The number of amides is 2. The fourth-order valence-corrected chi connectivity index (χ4v) is 3.26. The molecule has 0 unspecified atom stereocenters. The molecular formula is C18H27N5O2. The fraction of sp³-hybridized carbons (Fsp3) is 0.611. The van der Waals surface area contributed by atoms with Crippen LogP contribution in [0.5, 0.6) is 0 Å². The van der Waals surface area contributed by atoms with Gasteiger partial charge in [-0.1, -0.05) is 25.5 Å². The van der Waals surface area contributed by atoms with Crippen LogP contribution in [0.2, 0.25) is 0 Å². The molecule has 3 heterocycles. The third-order valence-electron chi connectivity index (χ3n) is 4.95. The Bertz CT molecular complexity index is 609. The highest BCUT2D eigenvalue weighted by molar-refractivity contribution is 5.74. The van der Waals surface area contributed by atoms with Gasteiger partial charge in [-0.05, 0) is 6.42 Å². The number of hydrogen-bond donors (Lipinski definition) is 1. The van der Waals surface area contributed by atoms with Crippen molar-refractivity contribution in [2.75, 3.05) is 50.8 Å². The third kappa shape index (κ3) is 4.48. The number of nitrogens with zero attached hydrogens (tertiary/aromatic N) is 4. The van der Waals surface area contributed by atoms with Crippen LogP contribution in [0.4, 0.5) is 10.6 Å². The number of rotatable bonds is 4. The van der Waals surface area contributed by atoms with Crippen molar-refractivity contribution in [3.05, 3.63) is 30.2 Å². The van der Waals surface area contributed by atoms with Crippen molar-refractivity contribution in [2.24, 2.45) is 5.41 Å². The number of aromatic nitrogens is 2. The number of carbonyl (C=O) groups excluding carboxylic acids is 1. The Hall–Kier alpha value is -2.15. The number of carbonyl (C=O) groups is 1. The molecule has 1 N–H and O–H groups in total. The van der Waals surface area contributed by atoms with E-state index in [1.54, 1.807) is 18.6 Å². The summed E-state index contributed by atoms with van der Waals surface area (Å²) in [6.45, 7) is 9.38. The van der Waals surface area contributed by atoms with Crippen LogP contribution in [0.1, 0.15) is 20.3 Å². The average Bonchev–Trinajstić information content (AvgIpc) is 2.68. The Balaban J connectivity index is 1.47. The van der Waals surface area contributed by atoms with Crippen LogP contribution < -0.4 is 10.2 Å². The smallest absolute Gasteiger partial charge is 0.317 e. The summed E-state index contributed by atoms with van der Waals surface area (Å²) >= 11 is 0. The highest BCUT2D eigenvalue weighted by atomic mass is 16.5. The molecule has 1 aromatic rings. The molecule has 0 aliphatic carbocycles. The van der Waals surface area contributed by atoms with Crippen molar-refractivity contribution in [3.8, 4) is 0 Å². The van der Waals surface area contributed by atoms with E-state index in [4.69, 9.17) is 4.74 Å². The monoisotopic (exact) mass is 345 g/mol. The number of nitrogens with one attached hydrogen (secondary N) is 1. The number of ether oxygens (including phenoxy) is 1. The molecule has 2 aliphatic heterocycles. The first kappa shape index (κ1) is 17.7. The Morgan fingerprint density at radius 2 is 2.08 bits per heavy atom. The molecule has 2 aliphatic rings. The van der Waals surface area contributed by atoms with Gasteiger partial charge in [-0.25, -0.2) is 9.78 Å². The highest BCUT2D eigenvalue weighted by Gasteiger charge is 2.27. The zero-order valence-electron chi connectivity index (χ0n) is 15.1. The van der Waals surface area contributed by atoms with Crippen molar-refractivity contribution in [3.63, 3.8) is 0 Å². The van der Waals surface area contributed by atoms with Gasteiger partial charge in [-0.2, -0.15) is 0 Å². The topological polar surface area (TPSA) is 70.6 Å². The van der Waals surface area contributed by atoms with Gasteiger partial charge in [0, 0.05) is 50.5 Å². The average molecular weight is 345 g/mol. The van der Waals surface area contributed by atoms with E-state index >= 15 is 0 Å². The van der Waals surface area contributed by atoms with Crippen molar-refractivity contribution in [1.82, 2.24) is 20.2 Å². The molecule has 25 heavy (non-hydrogen) atoms. The van der Waals surface area contributed by atoms with Crippen LogP contribution in [-0.4, -0.2) is 66.8 Å². The van der Waals surface area contributed by atoms with E-state index in [1.807, 2.05) is 4.90 Å². The van der Waals surface area contributed by atoms with Gasteiger partial charge < -0.3 is 19.9 Å². The van der Waals surface area contributed by atoms with Crippen molar-refractivity contribution >= 4 is 11.8 Å². The van der Waals surface area contributed by atoms with Gasteiger partial charge in [0.05, 0.1) is 19.4 Å². The minimum absolute atomic E-state index is 0.0135. The quantitative estimate of drug-likeness (QED) is 0.841. The standard InChI is InChI=1S/C18H27N5O2/c1-18(2,15-3-11-25-12-4-15)14-21-17(24)23-9-7-22(8-10-23)16-13-19-5-6-20-16/h3,5-6,13H,4,7-12,14H2,1-2H3,(H,21,24). The molecule has 7 heteroatoms. The lowest BCUT2D eigenvalue weighted by atomic mass is 9.81. The summed E-state index contributed by atoms with van der Waals surface area (Å²) in [4.78, 5) is 25.0. The van der Waals surface area contributed by atoms with Crippen LogP contribution in [-0.2, 0) is 4.74 Å². The summed E-state index contributed by atoms with van der Waals surface area (Å²) < 4.78 is 5.38. The van der Waals surface area contributed by atoms with E-state index in [2.05, 4.69) is 40.1 Å². The Labute approximate surface area is 149 Å². The van der Waals surface area contributed by atoms with E-state index in [-0.39, 0.29) is 11.4 Å². The maximum Gasteiger partial charge on any atom is 0.317 e. The first-order valence-electron chi connectivity index (χ1n) is 8.87. The molecule has 2 amide bonds. The van der Waals surface area contributed by atoms with Gasteiger partial charge in [0.15, 0.2) is 0 Å². The molecule has 0 radical (unpaired) electrons. The van der Waals surface area contributed by atoms with Crippen LogP contribution in [0.25, 0.3) is 0 Å². The normalized spacial score (nSPS) is 18.7. The van der Waals surface area contributed by atoms with Crippen LogP contribution in [0.15, 0.2) is 30.2 Å². The van der Waals surface area contributed by atoms with E-state index in [1.165, 1.54) is 5.57 Å². The molecule has 0 spiro atoms. The molecule has 3 rings (SSSR count). The Kier molecular flexibility index (Phi) is 5.53. The van der Waals surface area contributed by atoms with Crippen molar-refractivity contribution in [2.45, 2.75) is 20.3 Å². The zero-order chi connectivity index (χ0) is 17.7. The predicted octanol–water partition coefficient (Wildman–Crippen LogP) is 1.68. The number of anilines is 1. The number of hydrogen-bond acceptors (Lipinski definition) is 5. The lowest BCUT2D eigenvalue weighted by molar-refractivity contribution is 0.145. The summed E-state index contributed by atoms with van der Waals surface area (Å²) in [5.74, 6) is 0.871. The molecule has 1 saturated heterocycles. The van der Waals surface area contributed by atoms with Crippen LogP contribution in [0, 0.1) is 5.41 Å². The molecule has 0 atom stereocenters. The molecule has 1 fully saturated rings. The maximum atomic E-state index is 12.5. The molecule has 0 aromatic carbocycles. The fourth-order valence-electron chi connectivity index (χ4n) is 3.26. The van der Waals surface area contributed by atoms with Gasteiger partial charge in [0.2, 0.25) is 0 Å². The second-order valence-corrected chi connectivity index (χ2v) is 7.13. The predicted molar refractivity (Wildman–Crippen MR) is 96.5 cm³/mol. The Morgan fingerprint density at radius 1 is 1.28 bits per heavy atom. The van der Waals surface area contributed by atoms with E-state index in [0.29, 0.717) is 26.2 Å². The third-order valence-corrected chi connectivity index (χ3v) is 4.95. The van der Waals surface area contributed by atoms with Crippen molar-refractivity contribution < 1.29 is 9.53 Å². The second kappa shape index (κ2) is 7.82. The SMILES string of the molecule is CC(C)(CNC(=O)N1CCN(c2cnccn2)CC1)C1=CCOCC1. The highest BCUT2D eigenvalue weighted by Crippen LogP contribution is 2.29. The van der Waals surface area contributed by atoms with Crippen LogP contribution in [0.3, 0.4) is 0 Å². The minimum Gasteiger partial charge on any atom is -0.377 e. The summed E-state index contributed by atoms with van der Waals surface area (Å²) in [5, 5.41) is 3.10. The number of piperazine rings is 1. The number of urea groups is 1. The van der Waals surface area contributed by atoms with Gasteiger partial charge in [0.1, 0.15) is 5.82 Å². The van der Waals surface area contributed by atoms with Gasteiger partial charge in [-0.3, -0.25) is 4.98 Å². The first-order valence-corrected chi connectivity index (χ1v) is 8.87. The molecule has 1 aromatic heterocycles. The lowest BCUT2D eigenvalue weighted by Gasteiger charge is -2.36. The van der Waals surface area contributed by atoms with E-state index < -0.39 is 0 Å². The zero-order valence-corrected chi connectivity index (χ0v) is 15.1. The van der Waals surface area contributed by atoms with Gasteiger partial charge >= 0.3 is 6.03 Å². The summed E-state index contributed by atoms with van der Waals surface area (Å²) in [7, 11) is 0. The van der Waals surface area contributed by atoms with Gasteiger partial charge in [0.25, 0.3) is 0 Å². The van der Waals surface area contributed by atoms with Crippen LogP contribution >= 0.6 is 0 Å².